The molecular formula is C15H28N2O3. The van der Waals surface area contributed by atoms with Gasteiger partial charge in [-0.15, -0.1) is 0 Å². The molecule has 1 heterocycles. The molecule has 20 heavy (non-hydrogen) atoms. The maximum absolute atomic E-state index is 12.3. The number of carboxylic acid groups (broad SMARTS) is 1. The van der Waals surface area contributed by atoms with Crippen molar-refractivity contribution in [3.05, 3.63) is 0 Å². The quantitative estimate of drug-likeness (QED) is 0.844. The molecule has 2 amide bonds. The fourth-order valence-electron chi connectivity index (χ4n) is 3.04. The Kier molecular flexibility index (Phi) is 5.84. The summed E-state index contributed by atoms with van der Waals surface area (Å²) in [5, 5.41) is 9.46. The zero-order valence-corrected chi connectivity index (χ0v) is 13.2. The smallest absolute Gasteiger partial charge is 0.319 e. The lowest BCUT2D eigenvalue weighted by Gasteiger charge is -2.40. The second-order valence-corrected chi connectivity index (χ2v) is 6.38. The number of urea groups is 1. The van der Waals surface area contributed by atoms with Crippen molar-refractivity contribution in [2.45, 2.75) is 46.5 Å². The van der Waals surface area contributed by atoms with Crippen LogP contribution in [0.5, 0.6) is 0 Å². The first-order valence-electron chi connectivity index (χ1n) is 7.56. The van der Waals surface area contributed by atoms with Gasteiger partial charge in [-0.25, -0.2) is 4.79 Å². The van der Waals surface area contributed by atoms with Gasteiger partial charge in [0, 0.05) is 26.7 Å². The molecule has 1 rings (SSSR count). The monoisotopic (exact) mass is 284 g/mol. The molecule has 0 spiro atoms. The van der Waals surface area contributed by atoms with E-state index in [1.165, 1.54) is 0 Å². The van der Waals surface area contributed by atoms with Crippen LogP contribution in [-0.2, 0) is 4.79 Å². The zero-order valence-electron chi connectivity index (χ0n) is 13.2. The summed E-state index contributed by atoms with van der Waals surface area (Å²) in [5.74, 6) is -0.270. The van der Waals surface area contributed by atoms with Crippen LogP contribution < -0.4 is 0 Å². The lowest BCUT2D eigenvalue weighted by molar-refractivity contribution is -0.152. The summed E-state index contributed by atoms with van der Waals surface area (Å²) in [6.07, 6.45) is 2.70. The molecule has 1 aliphatic heterocycles. The van der Waals surface area contributed by atoms with Gasteiger partial charge in [0.25, 0.3) is 0 Å². The van der Waals surface area contributed by atoms with Crippen LogP contribution in [0, 0.1) is 11.3 Å². The van der Waals surface area contributed by atoms with Crippen molar-refractivity contribution in [1.82, 2.24) is 9.80 Å². The van der Waals surface area contributed by atoms with E-state index in [0.717, 1.165) is 13.0 Å². The number of carbonyl (C=O) groups excluding carboxylic acids is 1. The highest BCUT2D eigenvalue weighted by atomic mass is 16.4. The van der Waals surface area contributed by atoms with E-state index in [2.05, 4.69) is 13.8 Å². The van der Waals surface area contributed by atoms with Crippen LogP contribution in [0.2, 0.25) is 0 Å². The number of hydrogen-bond donors (Lipinski definition) is 1. The molecular weight excluding hydrogens is 256 g/mol. The molecule has 1 aliphatic rings. The molecule has 5 heteroatoms. The molecule has 0 aliphatic carbocycles. The van der Waals surface area contributed by atoms with Crippen molar-refractivity contribution in [1.29, 1.82) is 0 Å². The van der Waals surface area contributed by atoms with Gasteiger partial charge < -0.3 is 14.9 Å². The molecule has 0 aromatic rings. The van der Waals surface area contributed by atoms with E-state index in [4.69, 9.17) is 0 Å². The van der Waals surface area contributed by atoms with E-state index in [1.807, 2.05) is 14.0 Å². The van der Waals surface area contributed by atoms with Crippen molar-refractivity contribution < 1.29 is 14.7 Å². The van der Waals surface area contributed by atoms with Gasteiger partial charge in [0.05, 0.1) is 5.41 Å². The molecule has 116 valence electrons. The number of carboxylic acids is 1. The number of likely N-dealkylation sites (tertiary alicyclic amines) is 1. The molecule has 1 N–H and O–H groups in total. The van der Waals surface area contributed by atoms with Crippen LogP contribution in [0.1, 0.15) is 46.5 Å². The highest BCUT2D eigenvalue weighted by molar-refractivity contribution is 5.77. The van der Waals surface area contributed by atoms with Crippen molar-refractivity contribution in [3.8, 4) is 0 Å². The lowest BCUT2D eigenvalue weighted by Crippen LogP contribution is -2.50. The van der Waals surface area contributed by atoms with Crippen LogP contribution in [0.25, 0.3) is 0 Å². The van der Waals surface area contributed by atoms with Gasteiger partial charge in [0.2, 0.25) is 0 Å². The van der Waals surface area contributed by atoms with E-state index in [1.54, 1.807) is 9.80 Å². The number of piperidine rings is 1. The predicted molar refractivity (Wildman–Crippen MR) is 78.6 cm³/mol. The minimum atomic E-state index is -0.706. The van der Waals surface area contributed by atoms with Gasteiger partial charge in [0.1, 0.15) is 0 Å². The molecule has 0 saturated carbocycles. The van der Waals surface area contributed by atoms with Crippen LogP contribution in [0.3, 0.4) is 0 Å². The Balaban J connectivity index is 2.60. The predicted octanol–water partition coefficient (Wildman–Crippen LogP) is 2.66. The van der Waals surface area contributed by atoms with Crippen molar-refractivity contribution in [3.63, 3.8) is 0 Å². The van der Waals surface area contributed by atoms with E-state index >= 15 is 0 Å². The standard InChI is InChI=1S/C15H28N2O3/c1-5-6-15(13(18)19)7-9-17(10-8-15)14(20)16(4)11-12(2)3/h12H,5-11H2,1-4H3,(H,18,19). The Hall–Kier alpha value is -1.26. The van der Waals surface area contributed by atoms with Crippen molar-refractivity contribution in [2.75, 3.05) is 26.7 Å². The molecule has 1 fully saturated rings. The van der Waals surface area contributed by atoms with Crippen LogP contribution in [0.15, 0.2) is 0 Å². The highest BCUT2D eigenvalue weighted by Crippen LogP contribution is 2.36. The molecule has 0 aromatic heterocycles. The summed E-state index contributed by atoms with van der Waals surface area (Å²) < 4.78 is 0. The molecule has 1 saturated heterocycles. The summed E-state index contributed by atoms with van der Waals surface area (Å²) >= 11 is 0. The minimum absolute atomic E-state index is 0.0224. The Morgan fingerprint density at radius 2 is 1.85 bits per heavy atom. The summed E-state index contributed by atoms with van der Waals surface area (Å²) in [5.41, 5.74) is -0.623. The second kappa shape index (κ2) is 6.95. The molecule has 0 radical (unpaired) electrons. The third-order valence-electron chi connectivity index (χ3n) is 4.14. The Morgan fingerprint density at radius 1 is 1.30 bits per heavy atom. The minimum Gasteiger partial charge on any atom is -0.481 e. The van der Waals surface area contributed by atoms with Crippen LogP contribution in [0.4, 0.5) is 4.79 Å². The zero-order chi connectivity index (χ0) is 15.3. The number of amides is 2. The molecule has 0 aromatic carbocycles. The van der Waals surface area contributed by atoms with E-state index in [-0.39, 0.29) is 6.03 Å². The van der Waals surface area contributed by atoms with Gasteiger partial charge in [-0.3, -0.25) is 4.79 Å². The maximum atomic E-state index is 12.3. The third kappa shape index (κ3) is 3.87. The first-order valence-corrected chi connectivity index (χ1v) is 7.56. The lowest BCUT2D eigenvalue weighted by atomic mass is 9.75. The first kappa shape index (κ1) is 16.8. The largest absolute Gasteiger partial charge is 0.481 e. The molecule has 0 atom stereocenters. The average Bonchev–Trinajstić information content (AvgIpc) is 2.38. The fraction of sp³-hybridized carbons (Fsp3) is 0.867. The van der Waals surface area contributed by atoms with Crippen molar-refractivity contribution >= 4 is 12.0 Å². The van der Waals surface area contributed by atoms with E-state index in [9.17, 15) is 14.7 Å². The molecule has 0 unspecified atom stereocenters. The van der Waals surface area contributed by atoms with Gasteiger partial charge in [-0.1, -0.05) is 27.2 Å². The summed E-state index contributed by atoms with van der Waals surface area (Å²) in [6, 6.07) is 0.0224. The van der Waals surface area contributed by atoms with Gasteiger partial charge in [0.15, 0.2) is 0 Å². The topological polar surface area (TPSA) is 60.9 Å². The van der Waals surface area contributed by atoms with Gasteiger partial charge in [-0.05, 0) is 25.2 Å². The van der Waals surface area contributed by atoms with E-state index in [0.29, 0.717) is 38.3 Å². The van der Waals surface area contributed by atoms with Crippen LogP contribution >= 0.6 is 0 Å². The first-order chi connectivity index (χ1) is 9.32. The molecule has 5 nitrogen and oxygen atoms in total. The Bertz CT molecular complexity index is 347. The third-order valence-corrected chi connectivity index (χ3v) is 4.14. The number of carbonyl (C=O) groups is 2. The average molecular weight is 284 g/mol. The number of nitrogens with zero attached hydrogens (tertiary/aromatic N) is 2. The molecule has 0 bridgehead atoms. The maximum Gasteiger partial charge on any atom is 0.319 e. The number of aliphatic carboxylic acids is 1. The van der Waals surface area contributed by atoms with Gasteiger partial charge in [-0.2, -0.15) is 0 Å². The number of rotatable bonds is 5. The fourth-order valence-corrected chi connectivity index (χ4v) is 3.04. The van der Waals surface area contributed by atoms with Crippen LogP contribution in [-0.4, -0.2) is 53.6 Å². The normalized spacial score (nSPS) is 18.1. The van der Waals surface area contributed by atoms with Gasteiger partial charge >= 0.3 is 12.0 Å². The second-order valence-electron chi connectivity index (χ2n) is 6.38. The summed E-state index contributed by atoms with van der Waals surface area (Å²) in [7, 11) is 1.81. The Labute approximate surface area is 121 Å². The SMILES string of the molecule is CCCC1(C(=O)O)CCN(C(=O)N(C)CC(C)C)CC1. The Morgan fingerprint density at radius 3 is 2.25 bits per heavy atom. The summed E-state index contributed by atoms with van der Waals surface area (Å²) in [6.45, 7) is 8.00. The van der Waals surface area contributed by atoms with Crippen molar-refractivity contribution in [2.24, 2.45) is 11.3 Å². The van der Waals surface area contributed by atoms with E-state index < -0.39 is 11.4 Å². The summed E-state index contributed by atoms with van der Waals surface area (Å²) in [4.78, 5) is 27.3. The highest BCUT2D eigenvalue weighted by Gasteiger charge is 2.41. The number of hydrogen-bond acceptors (Lipinski definition) is 2.